The lowest BCUT2D eigenvalue weighted by atomic mass is 9.76. The Hall–Kier alpha value is -2.00. The Morgan fingerprint density at radius 2 is 1.84 bits per heavy atom. The van der Waals surface area contributed by atoms with Crippen LogP contribution in [0.25, 0.3) is 0 Å². The molecule has 0 saturated carbocycles. The number of benzene rings is 2. The number of aromatic hydroxyl groups is 1. The van der Waals surface area contributed by atoms with Crippen molar-refractivity contribution in [1.29, 1.82) is 0 Å². The maximum Gasteiger partial charge on any atom is 0.115 e. The topological polar surface area (TPSA) is 41.5 Å². The van der Waals surface area contributed by atoms with Crippen LogP contribution in [0.15, 0.2) is 42.5 Å². The minimum absolute atomic E-state index is 0.132. The lowest BCUT2D eigenvalue weighted by Crippen LogP contribution is -2.36. The Kier molecular flexibility index (Phi) is 3.99. The predicted octanol–water partition coefficient (Wildman–Crippen LogP) is 5.32. The van der Waals surface area contributed by atoms with Gasteiger partial charge in [0.15, 0.2) is 0 Å². The fourth-order valence-electron chi connectivity index (χ4n) is 4.15. The molecule has 1 saturated heterocycles. The number of fused-ring (bicyclic) bond motifs is 3. The summed E-state index contributed by atoms with van der Waals surface area (Å²) in [6.07, 6.45) is 2.40. The van der Waals surface area contributed by atoms with Gasteiger partial charge in [-0.05, 0) is 47.6 Å². The molecule has 132 valence electrons. The highest BCUT2D eigenvalue weighted by Crippen LogP contribution is 2.49. The van der Waals surface area contributed by atoms with Crippen LogP contribution in [0.4, 0.5) is 5.69 Å². The van der Waals surface area contributed by atoms with Gasteiger partial charge in [-0.15, -0.1) is 0 Å². The van der Waals surface area contributed by atoms with Crippen LogP contribution in [0.1, 0.15) is 62.4 Å². The summed E-state index contributed by atoms with van der Waals surface area (Å²) in [6, 6.07) is 14.6. The number of hydrogen-bond donors (Lipinski definition) is 2. The fourth-order valence-corrected chi connectivity index (χ4v) is 4.15. The van der Waals surface area contributed by atoms with E-state index in [1.807, 2.05) is 12.1 Å². The molecule has 3 atom stereocenters. The van der Waals surface area contributed by atoms with E-state index in [9.17, 15) is 5.11 Å². The average Bonchev–Trinajstić information content (AvgIpc) is 2.60. The summed E-state index contributed by atoms with van der Waals surface area (Å²) in [4.78, 5) is 0. The summed E-state index contributed by atoms with van der Waals surface area (Å²) in [6.45, 7) is 7.60. The molecule has 2 N–H and O–H groups in total. The first kappa shape index (κ1) is 16.5. The molecule has 0 bridgehead atoms. The lowest BCUT2D eigenvalue weighted by Gasteiger charge is -2.44. The quantitative estimate of drug-likeness (QED) is 0.739. The van der Waals surface area contributed by atoms with E-state index >= 15 is 0 Å². The summed E-state index contributed by atoms with van der Waals surface area (Å²) < 4.78 is 6.26. The zero-order valence-electron chi connectivity index (χ0n) is 15.3. The highest BCUT2D eigenvalue weighted by atomic mass is 16.5. The van der Waals surface area contributed by atoms with Crippen LogP contribution in [0.2, 0.25) is 0 Å². The van der Waals surface area contributed by atoms with Gasteiger partial charge in [-0.3, -0.25) is 0 Å². The number of ether oxygens (including phenoxy) is 1. The van der Waals surface area contributed by atoms with E-state index < -0.39 is 0 Å². The molecule has 2 aromatic carbocycles. The SMILES string of the molecule is CC(C)(C)c1ccc2c(c1)C1OCCCC1[C@H](c1ccc(O)cc1)N2. The van der Waals surface area contributed by atoms with Gasteiger partial charge in [0.1, 0.15) is 5.75 Å². The largest absolute Gasteiger partial charge is 0.508 e. The third-order valence-electron chi connectivity index (χ3n) is 5.58. The number of phenols is 1. The highest BCUT2D eigenvalue weighted by molar-refractivity contribution is 5.59. The smallest absolute Gasteiger partial charge is 0.115 e. The fraction of sp³-hybridized carbons (Fsp3) is 0.455. The van der Waals surface area contributed by atoms with Crippen LogP contribution in [0.5, 0.6) is 5.75 Å². The maximum atomic E-state index is 9.61. The summed E-state index contributed by atoms with van der Waals surface area (Å²) in [7, 11) is 0. The Morgan fingerprint density at radius 3 is 2.56 bits per heavy atom. The minimum Gasteiger partial charge on any atom is -0.508 e. The van der Waals surface area contributed by atoms with E-state index in [2.05, 4.69) is 44.3 Å². The first-order valence-electron chi connectivity index (χ1n) is 9.25. The zero-order chi connectivity index (χ0) is 17.6. The molecule has 0 aromatic heterocycles. The third-order valence-corrected chi connectivity index (χ3v) is 5.58. The average molecular weight is 337 g/mol. The van der Waals surface area contributed by atoms with Gasteiger partial charge >= 0.3 is 0 Å². The molecule has 2 unspecified atom stereocenters. The van der Waals surface area contributed by atoms with E-state index in [1.54, 1.807) is 12.1 Å². The molecule has 2 aliphatic heterocycles. The highest BCUT2D eigenvalue weighted by Gasteiger charge is 2.40. The van der Waals surface area contributed by atoms with E-state index in [-0.39, 0.29) is 17.6 Å². The molecule has 3 nitrogen and oxygen atoms in total. The molecule has 1 fully saturated rings. The Bertz CT molecular complexity index is 761. The molecule has 25 heavy (non-hydrogen) atoms. The van der Waals surface area contributed by atoms with Crippen molar-refractivity contribution in [2.75, 3.05) is 11.9 Å². The van der Waals surface area contributed by atoms with Crippen LogP contribution >= 0.6 is 0 Å². The van der Waals surface area contributed by atoms with E-state index in [0.717, 1.165) is 19.4 Å². The van der Waals surface area contributed by atoms with E-state index in [1.165, 1.54) is 22.4 Å². The van der Waals surface area contributed by atoms with Gasteiger partial charge in [-0.1, -0.05) is 45.0 Å². The molecule has 0 aliphatic carbocycles. The molecule has 4 rings (SSSR count). The van der Waals surface area contributed by atoms with Gasteiger partial charge in [-0.2, -0.15) is 0 Å². The van der Waals surface area contributed by atoms with Crippen molar-refractivity contribution < 1.29 is 9.84 Å². The first-order valence-corrected chi connectivity index (χ1v) is 9.25. The van der Waals surface area contributed by atoms with Gasteiger partial charge in [-0.25, -0.2) is 0 Å². The summed E-state index contributed by atoms with van der Waals surface area (Å²) in [5.74, 6) is 0.729. The van der Waals surface area contributed by atoms with Crippen LogP contribution in [0, 0.1) is 5.92 Å². The Labute approximate surface area is 150 Å². The van der Waals surface area contributed by atoms with E-state index in [4.69, 9.17) is 4.74 Å². The Morgan fingerprint density at radius 1 is 1.08 bits per heavy atom. The van der Waals surface area contributed by atoms with Crippen molar-refractivity contribution in [1.82, 2.24) is 0 Å². The molecule has 0 radical (unpaired) electrons. The van der Waals surface area contributed by atoms with Gasteiger partial charge in [0.25, 0.3) is 0 Å². The van der Waals surface area contributed by atoms with Crippen LogP contribution in [-0.2, 0) is 10.2 Å². The molecule has 2 heterocycles. The zero-order valence-corrected chi connectivity index (χ0v) is 15.3. The maximum absolute atomic E-state index is 9.61. The molecular weight excluding hydrogens is 310 g/mol. The first-order chi connectivity index (χ1) is 11.9. The van der Waals surface area contributed by atoms with Crippen LogP contribution in [0.3, 0.4) is 0 Å². The molecule has 3 heteroatoms. The molecule has 0 spiro atoms. The van der Waals surface area contributed by atoms with Crippen molar-refractivity contribution in [3.05, 3.63) is 59.2 Å². The summed E-state index contributed by atoms with van der Waals surface area (Å²) in [5, 5.41) is 13.4. The lowest BCUT2D eigenvalue weighted by molar-refractivity contribution is -0.0382. The Balaban J connectivity index is 1.76. The van der Waals surface area contributed by atoms with Crippen molar-refractivity contribution >= 4 is 5.69 Å². The normalized spacial score (nSPS) is 25.6. The van der Waals surface area contributed by atoms with Gasteiger partial charge < -0.3 is 15.2 Å². The van der Waals surface area contributed by atoms with Crippen molar-refractivity contribution in [3.8, 4) is 5.75 Å². The molecule has 0 amide bonds. The second-order valence-corrected chi connectivity index (χ2v) is 8.36. The third kappa shape index (κ3) is 3.02. The predicted molar refractivity (Wildman–Crippen MR) is 101 cm³/mol. The summed E-state index contributed by atoms with van der Waals surface area (Å²) >= 11 is 0. The van der Waals surface area contributed by atoms with Gasteiger partial charge in [0.05, 0.1) is 12.1 Å². The number of anilines is 1. The van der Waals surface area contributed by atoms with Crippen molar-refractivity contribution in [2.45, 2.75) is 51.2 Å². The monoisotopic (exact) mass is 337 g/mol. The van der Waals surface area contributed by atoms with Crippen LogP contribution < -0.4 is 5.32 Å². The standard InChI is InChI=1S/C22H27NO2/c1-22(2,3)15-8-11-19-18(13-15)21-17(5-4-12-25-21)20(23-19)14-6-9-16(24)10-7-14/h6-11,13,17,20-21,23-24H,4-5,12H2,1-3H3/t17?,20-,21?/m0/s1. The summed E-state index contributed by atoms with van der Waals surface area (Å²) in [5.41, 5.74) is 5.17. The van der Waals surface area contributed by atoms with Gasteiger partial charge in [0.2, 0.25) is 0 Å². The number of rotatable bonds is 1. The second-order valence-electron chi connectivity index (χ2n) is 8.36. The number of nitrogens with one attached hydrogen (secondary N) is 1. The minimum atomic E-state index is 0.132. The van der Waals surface area contributed by atoms with E-state index in [0.29, 0.717) is 11.7 Å². The second kappa shape index (κ2) is 6.06. The molecule has 2 aromatic rings. The van der Waals surface area contributed by atoms with Crippen molar-refractivity contribution in [2.24, 2.45) is 5.92 Å². The number of phenolic OH excluding ortho intramolecular Hbond substituents is 1. The molecular formula is C22H27NO2. The van der Waals surface area contributed by atoms with Crippen molar-refractivity contribution in [3.63, 3.8) is 0 Å². The number of hydrogen-bond acceptors (Lipinski definition) is 3. The van der Waals surface area contributed by atoms with Gasteiger partial charge in [0, 0.05) is 23.8 Å². The molecule has 2 aliphatic rings. The van der Waals surface area contributed by atoms with Crippen LogP contribution in [-0.4, -0.2) is 11.7 Å².